The Morgan fingerprint density at radius 3 is 2.38 bits per heavy atom. The number of fused-ring (bicyclic) bond motifs is 1. The quantitative estimate of drug-likeness (QED) is 0.568. The molecule has 150 valence electrons. The molecule has 0 unspecified atom stereocenters. The van der Waals surface area contributed by atoms with E-state index in [4.69, 9.17) is 4.74 Å². The van der Waals surface area contributed by atoms with Gasteiger partial charge in [-0.25, -0.2) is 0 Å². The largest absolute Gasteiger partial charge is 0.483 e. The van der Waals surface area contributed by atoms with E-state index >= 15 is 0 Å². The lowest BCUT2D eigenvalue weighted by atomic mass is 10.1. The van der Waals surface area contributed by atoms with Crippen molar-refractivity contribution in [2.45, 2.75) is 20.8 Å². The monoisotopic (exact) mass is 454 g/mol. The molecule has 3 aromatic rings. The van der Waals surface area contributed by atoms with Gasteiger partial charge in [0.2, 0.25) is 5.91 Å². The van der Waals surface area contributed by atoms with Crippen LogP contribution in [0.3, 0.4) is 0 Å². The molecule has 0 aliphatic carbocycles. The molecule has 3 aromatic carbocycles. The van der Waals surface area contributed by atoms with Gasteiger partial charge in [-0.2, -0.15) is 0 Å². The minimum atomic E-state index is -0.363. The van der Waals surface area contributed by atoms with Gasteiger partial charge in [0.25, 0.3) is 5.91 Å². The molecule has 0 radical (unpaired) electrons. The molecule has 0 spiro atoms. The van der Waals surface area contributed by atoms with Gasteiger partial charge in [-0.15, -0.1) is 0 Å². The summed E-state index contributed by atoms with van der Waals surface area (Å²) in [6, 6.07) is 15.7. The second kappa shape index (κ2) is 9.09. The molecule has 29 heavy (non-hydrogen) atoms. The number of benzene rings is 3. The Morgan fingerprint density at radius 2 is 1.66 bits per heavy atom. The third kappa shape index (κ3) is 5.15. The van der Waals surface area contributed by atoms with Gasteiger partial charge in [0.15, 0.2) is 6.61 Å². The summed E-state index contributed by atoms with van der Waals surface area (Å²) in [6.07, 6.45) is 0. The van der Waals surface area contributed by atoms with Gasteiger partial charge < -0.3 is 15.4 Å². The van der Waals surface area contributed by atoms with E-state index in [-0.39, 0.29) is 25.0 Å². The zero-order chi connectivity index (χ0) is 21.0. The molecule has 0 fully saturated rings. The highest BCUT2D eigenvalue weighted by atomic mass is 79.9. The van der Waals surface area contributed by atoms with Gasteiger partial charge in [0.1, 0.15) is 5.75 Å². The molecular formula is C23H23BrN2O3. The standard InChI is InChI=1S/C23H23BrN2O3/c1-14-10-15(2)23(16(3)11-14)26-20(27)12-25-21(28)13-29-19-9-8-17-6-4-5-7-18(17)22(19)24/h4-11H,12-13H2,1-3H3,(H,25,28)(H,26,27). The summed E-state index contributed by atoms with van der Waals surface area (Å²) in [7, 11) is 0. The summed E-state index contributed by atoms with van der Waals surface area (Å²) < 4.78 is 6.42. The molecule has 0 bridgehead atoms. The van der Waals surface area contributed by atoms with Crippen LogP contribution in [0.5, 0.6) is 5.75 Å². The van der Waals surface area contributed by atoms with Crippen LogP contribution in [0.2, 0.25) is 0 Å². The zero-order valence-electron chi connectivity index (χ0n) is 16.6. The van der Waals surface area contributed by atoms with Gasteiger partial charge in [-0.3, -0.25) is 9.59 Å². The third-order valence-corrected chi connectivity index (χ3v) is 5.39. The molecule has 0 aromatic heterocycles. The van der Waals surface area contributed by atoms with E-state index < -0.39 is 0 Å². The molecular weight excluding hydrogens is 432 g/mol. The molecule has 2 amide bonds. The smallest absolute Gasteiger partial charge is 0.258 e. The summed E-state index contributed by atoms with van der Waals surface area (Å²) in [6.45, 7) is 5.62. The normalized spacial score (nSPS) is 10.6. The Bertz CT molecular complexity index is 1060. The zero-order valence-corrected chi connectivity index (χ0v) is 18.2. The van der Waals surface area contributed by atoms with Crippen LogP contribution in [-0.2, 0) is 9.59 Å². The van der Waals surface area contributed by atoms with Crippen molar-refractivity contribution in [1.82, 2.24) is 5.32 Å². The second-order valence-corrected chi connectivity index (χ2v) is 7.78. The van der Waals surface area contributed by atoms with Crippen molar-refractivity contribution < 1.29 is 14.3 Å². The number of carbonyl (C=O) groups is 2. The minimum absolute atomic E-state index is 0.117. The Morgan fingerprint density at radius 1 is 0.966 bits per heavy atom. The van der Waals surface area contributed by atoms with E-state index in [2.05, 4.69) is 26.6 Å². The van der Waals surface area contributed by atoms with E-state index in [1.807, 2.05) is 69.3 Å². The summed E-state index contributed by atoms with van der Waals surface area (Å²) in [4.78, 5) is 24.3. The molecule has 0 atom stereocenters. The van der Waals surface area contributed by atoms with Gasteiger partial charge in [0.05, 0.1) is 11.0 Å². The maximum absolute atomic E-state index is 12.2. The average molecular weight is 455 g/mol. The minimum Gasteiger partial charge on any atom is -0.483 e. The first-order valence-electron chi connectivity index (χ1n) is 9.29. The SMILES string of the molecule is Cc1cc(C)c(NC(=O)CNC(=O)COc2ccc3ccccc3c2Br)c(C)c1. The molecule has 0 heterocycles. The van der Waals surface area contributed by atoms with Crippen LogP contribution in [0.25, 0.3) is 10.8 Å². The number of carbonyl (C=O) groups excluding carboxylic acids is 2. The van der Waals surface area contributed by atoms with Crippen LogP contribution in [0.4, 0.5) is 5.69 Å². The first-order valence-corrected chi connectivity index (χ1v) is 10.1. The van der Waals surface area contributed by atoms with E-state index in [0.29, 0.717) is 5.75 Å². The number of hydrogen-bond acceptors (Lipinski definition) is 3. The first kappa shape index (κ1) is 20.9. The number of ether oxygens (including phenoxy) is 1. The van der Waals surface area contributed by atoms with Gasteiger partial charge in [-0.1, -0.05) is 48.0 Å². The van der Waals surface area contributed by atoms with Crippen molar-refractivity contribution in [3.05, 3.63) is 69.7 Å². The topological polar surface area (TPSA) is 67.4 Å². The van der Waals surface area contributed by atoms with E-state index in [9.17, 15) is 9.59 Å². The van der Waals surface area contributed by atoms with E-state index in [0.717, 1.165) is 37.6 Å². The fourth-order valence-corrected chi connectivity index (χ4v) is 3.87. The number of hydrogen-bond donors (Lipinski definition) is 2. The average Bonchev–Trinajstić information content (AvgIpc) is 2.69. The summed E-state index contributed by atoms with van der Waals surface area (Å²) >= 11 is 3.53. The van der Waals surface area contributed by atoms with Gasteiger partial charge >= 0.3 is 0 Å². The Hall–Kier alpha value is -2.86. The molecule has 0 aliphatic rings. The molecule has 5 nitrogen and oxygen atoms in total. The number of nitrogens with one attached hydrogen (secondary N) is 2. The van der Waals surface area contributed by atoms with Gasteiger partial charge in [-0.05, 0) is 64.7 Å². The predicted octanol–water partition coefficient (Wildman–Crippen LogP) is 4.66. The highest BCUT2D eigenvalue weighted by molar-refractivity contribution is 9.10. The lowest BCUT2D eigenvalue weighted by Crippen LogP contribution is -2.36. The van der Waals surface area contributed by atoms with Crippen molar-refractivity contribution in [2.24, 2.45) is 0 Å². The number of rotatable bonds is 6. The van der Waals surface area contributed by atoms with Crippen LogP contribution in [-0.4, -0.2) is 25.0 Å². The molecule has 6 heteroatoms. The second-order valence-electron chi connectivity index (χ2n) is 6.99. The molecule has 0 aliphatic heterocycles. The summed E-state index contributed by atoms with van der Waals surface area (Å²) in [5, 5.41) is 7.54. The van der Waals surface area contributed by atoms with Crippen molar-refractivity contribution in [3.8, 4) is 5.75 Å². The molecule has 0 saturated heterocycles. The number of halogens is 1. The molecule has 0 saturated carbocycles. The lowest BCUT2D eigenvalue weighted by molar-refractivity contribution is -0.125. The third-order valence-electron chi connectivity index (χ3n) is 4.57. The van der Waals surface area contributed by atoms with E-state index in [1.54, 1.807) is 0 Å². The fourth-order valence-electron chi connectivity index (χ4n) is 3.26. The highest BCUT2D eigenvalue weighted by Crippen LogP contribution is 2.32. The molecule has 3 rings (SSSR count). The highest BCUT2D eigenvalue weighted by Gasteiger charge is 2.12. The van der Waals surface area contributed by atoms with Gasteiger partial charge in [0, 0.05) is 5.69 Å². The number of aryl methyl sites for hydroxylation is 3. The van der Waals surface area contributed by atoms with Crippen molar-refractivity contribution >= 4 is 44.2 Å². The maximum Gasteiger partial charge on any atom is 0.258 e. The lowest BCUT2D eigenvalue weighted by Gasteiger charge is -2.13. The summed E-state index contributed by atoms with van der Waals surface area (Å²) in [5.41, 5.74) is 3.91. The Kier molecular flexibility index (Phi) is 6.54. The van der Waals surface area contributed by atoms with Crippen molar-refractivity contribution in [3.63, 3.8) is 0 Å². The van der Waals surface area contributed by atoms with Crippen LogP contribution in [0, 0.1) is 20.8 Å². The Labute approximate surface area is 178 Å². The molecule has 2 N–H and O–H groups in total. The van der Waals surface area contributed by atoms with Crippen molar-refractivity contribution in [2.75, 3.05) is 18.5 Å². The maximum atomic E-state index is 12.2. The predicted molar refractivity (Wildman–Crippen MR) is 119 cm³/mol. The van der Waals surface area contributed by atoms with Crippen LogP contribution in [0.1, 0.15) is 16.7 Å². The fraction of sp³-hybridized carbons (Fsp3) is 0.217. The number of amides is 2. The summed E-state index contributed by atoms with van der Waals surface area (Å²) in [5.74, 6) is -0.0629. The van der Waals surface area contributed by atoms with E-state index in [1.165, 1.54) is 0 Å². The first-order chi connectivity index (χ1) is 13.8. The van der Waals surface area contributed by atoms with Crippen LogP contribution < -0.4 is 15.4 Å². The van der Waals surface area contributed by atoms with Crippen LogP contribution >= 0.6 is 15.9 Å². The Balaban J connectivity index is 1.53. The van der Waals surface area contributed by atoms with Crippen LogP contribution in [0.15, 0.2) is 53.0 Å². The number of anilines is 1. The van der Waals surface area contributed by atoms with Crippen molar-refractivity contribution in [1.29, 1.82) is 0 Å².